The zero-order valence-corrected chi connectivity index (χ0v) is 9.11. The minimum atomic E-state index is 0.466. The van der Waals surface area contributed by atoms with E-state index in [0.717, 1.165) is 25.7 Å². The summed E-state index contributed by atoms with van der Waals surface area (Å²) in [6, 6.07) is 10.5. The van der Waals surface area contributed by atoms with Crippen LogP contribution in [-0.4, -0.2) is 5.78 Å². The molecule has 1 aliphatic carbocycles. The Balaban J connectivity index is 1.96. The number of rotatable bonds is 2. The van der Waals surface area contributed by atoms with Gasteiger partial charge in [-0.2, -0.15) is 0 Å². The van der Waals surface area contributed by atoms with Gasteiger partial charge in [0.05, 0.1) is 0 Å². The molecule has 1 atom stereocenters. The van der Waals surface area contributed by atoms with Crippen LogP contribution in [0.25, 0.3) is 0 Å². The fourth-order valence-electron chi connectivity index (χ4n) is 2.40. The highest BCUT2D eigenvalue weighted by molar-refractivity contribution is 5.78. The van der Waals surface area contributed by atoms with Crippen LogP contribution in [0.4, 0.5) is 0 Å². The second-order valence-electron chi connectivity index (χ2n) is 4.54. The van der Waals surface area contributed by atoms with Gasteiger partial charge >= 0.3 is 0 Å². The molecule has 0 aromatic heterocycles. The van der Waals surface area contributed by atoms with Crippen molar-refractivity contribution >= 4 is 5.78 Å². The molecule has 0 aliphatic heterocycles. The molecular weight excluding hydrogens is 184 g/mol. The van der Waals surface area contributed by atoms with E-state index in [4.69, 9.17) is 0 Å². The Morgan fingerprint density at radius 2 is 1.93 bits per heavy atom. The summed E-state index contributed by atoms with van der Waals surface area (Å²) in [7, 11) is 0. The Bertz CT molecular complexity index is 315. The number of carbonyl (C=O) groups is 1. The molecular formula is C14H18O. The lowest BCUT2D eigenvalue weighted by Gasteiger charge is -2.12. The third kappa shape index (κ3) is 3.19. The van der Waals surface area contributed by atoms with Gasteiger partial charge in [0.25, 0.3) is 0 Å². The van der Waals surface area contributed by atoms with E-state index in [0.29, 0.717) is 11.7 Å². The molecule has 1 saturated carbocycles. The normalized spacial score (nSPS) is 22.4. The maximum Gasteiger partial charge on any atom is 0.133 e. The first kappa shape index (κ1) is 10.4. The van der Waals surface area contributed by atoms with E-state index in [9.17, 15) is 4.79 Å². The standard InChI is InChI=1S/C14H18O/c15-14-9-5-4-8-13(11-14)10-12-6-2-1-3-7-12/h1-3,6-7,13H,4-5,8-11H2. The molecule has 1 aromatic carbocycles. The summed E-state index contributed by atoms with van der Waals surface area (Å²) in [5.74, 6) is 1.05. The lowest BCUT2D eigenvalue weighted by molar-refractivity contribution is -0.119. The second kappa shape index (κ2) is 5.11. The van der Waals surface area contributed by atoms with Crippen molar-refractivity contribution in [2.24, 2.45) is 5.92 Å². The number of hydrogen-bond acceptors (Lipinski definition) is 1. The van der Waals surface area contributed by atoms with Gasteiger partial charge in [-0.3, -0.25) is 4.79 Å². The minimum Gasteiger partial charge on any atom is -0.300 e. The van der Waals surface area contributed by atoms with Crippen LogP contribution < -0.4 is 0 Å². The molecule has 1 nitrogen and oxygen atoms in total. The molecule has 1 heteroatoms. The van der Waals surface area contributed by atoms with Crippen LogP contribution >= 0.6 is 0 Å². The van der Waals surface area contributed by atoms with E-state index in [1.54, 1.807) is 0 Å². The van der Waals surface area contributed by atoms with Crippen LogP contribution in [0.3, 0.4) is 0 Å². The molecule has 1 fully saturated rings. The summed E-state index contributed by atoms with van der Waals surface area (Å²) < 4.78 is 0. The third-order valence-electron chi connectivity index (χ3n) is 3.20. The quantitative estimate of drug-likeness (QED) is 0.672. The molecule has 0 saturated heterocycles. The number of carbonyl (C=O) groups excluding carboxylic acids is 1. The highest BCUT2D eigenvalue weighted by Gasteiger charge is 2.17. The van der Waals surface area contributed by atoms with Gasteiger partial charge in [0.2, 0.25) is 0 Å². The van der Waals surface area contributed by atoms with Gasteiger partial charge in [-0.25, -0.2) is 0 Å². The predicted octanol–water partition coefficient (Wildman–Crippen LogP) is 3.38. The Morgan fingerprint density at radius 1 is 1.13 bits per heavy atom. The molecule has 0 radical (unpaired) electrons. The molecule has 0 heterocycles. The first-order valence-corrected chi connectivity index (χ1v) is 5.90. The lowest BCUT2D eigenvalue weighted by atomic mass is 9.92. The first-order valence-electron chi connectivity index (χ1n) is 5.90. The van der Waals surface area contributed by atoms with Crippen LogP contribution in [0.1, 0.15) is 37.7 Å². The molecule has 1 unspecified atom stereocenters. The average Bonchev–Trinajstić information content (AvgIpc) is 2.44. The fourth-order valence-corrected chi connectivity index (χ4v) is 2.40. The number of ketones is 1. The van der Waals surface area contributed by atoms with Crippen LogP contribution in [-0.2, 0) is 11.2 Å². The number of benzene rings is 1. The van der Waals surface area contributed by atoms with Crippen molar-refractivity contribution in [3.8, 4) is 0 Å². The van der Waals surface area contributed by atoms with Crippen molar-refractivity contribution in [3.05, 3.63) is 35.9 Å². The molecule has 80 valence electrons. The zero-order chi connectivity index (χ0) is 10.5. The summed E-state index contributed by atoms with van der Waals surface area (Å²) in [4.78, 5) is 11.5. The highest BCUT2D eigenvalue weighted by atomic mass is 16.1. The first-order chi connectivity index (χ1) is 7.34. The van der Waals surface area contributed by atoms with Crippen LogP contribution in [0.15, 0.2) is 30.3 Å². The molecule has 0 N–H and O–H groups in total. The Hall–Kier alpha value is -1.11. The van der Waals surface area contributed by atoms with Crippen molar-refractivity contribution in [2.45, 2.75) is 38.5 Å². The molecule has 1 aromatic rings. The van der Waals surface area contributed by atoms with Gasteiger partial charge in [0.15, 0.2) is 0 Å². The van der Waals surface area contributed by atoms with Gasteiger partial charge in [-0.05, 0) is 30.7 Å². The van der Waals surface area contributed by atoms with E-state index in [-0.39, 0.29) is 0 Å². The number of hydrogen-bond donors (Lipinski definition) is 0. The summed E-state index contributed by atoms with van der Waals surface area (Å²) in [5, 5.41) is 0. The molecule has 1 aliphatic rings. The van der Waals surface area contributed by atoms with Crippen molar-refractivity contribution < 1.29 is 4.79 Å². The summed E-state index contributed by atoms with van der Waals surface area (Å²) in [6.45, 7) is 0. The largest absolute Gasteiger partial charge is 0.300 e. The Kier molecular flexibility index (Phi) is 3.54. The molecule has 0 spiro atoms. The molecule has 15 heavy (non-hydrogen) atoms. The van der Waals surface area contributed by atoms with E-state index in [1.807, 2.05) is 6.07 Å². The topological polar surface area (TPSA) is 17.1 Å². The van der Waals surface area contributed by atoms with Crippen LogP contribution in [0.2, 0.25) is 0 Å². The van der Waals surface area contributed by atoms with E-state index in [1.165, 1.54) is 18.4 Å². The van der Waals surface area contributed by atoms with Gasteiger partial charge < -0.3 is 0 Å². The van der Waals surface area contributed by atoms with E-state index < -0.39 is 0 Å². The minimum absolute atomic E-state index is 0.466. The van der Waals surface area contributed by atoms with Crippen molar-refractivity contribution in [3.63, 3.8) is 0 Å². The Labute approximate surface area is 91.5 Å². The van der Waals surface area contributed by atoms with Crippen molar-refractivity contribution in [1.82, 2.24) is 0 Å². The molecule has 2 rings (SSSR count). The lowest BCUT2D eigenvalue weighted by Crippen LogP contribution is -2.08. The van der Waals surface area contributed by atoms with E-state index >= 15 is 0 Å². The monoisotopic (exact) mass is 202 g/mol. The number of Topliss-reactive ketones (excluding diaryl/α,β-unsaturated/α-hetero) is 1. The van der Waals surface area contributed by atoms with Gasteiger partial charge in [0, 0.05) is 12.8 Å². The van der Waals surface area contributed by atoms with Crippen LogP contribution in [0.5, 0.6) is 0 Å². The zero-order valence-electron chi connectivity index (χ0n) is 9.11. The van der Waals surface area contributed by atoms with Gasteiger partial charge in [-0.15, -0.1) is 0 Å². The van der Waals surface area contributed by atoms with Crippen molar-refractivity contribution in [1.29, 1.82) is 0 Å². The predicted molar refractivity (Wildman–Crippen MR) is 61.7 cm³/mol. The maximum atomic E-state index is 11.5. The van der Waals surface area contributed by atoms with Gasteiger partial charge in [0.1, 0.15) is 5.78 Å². The van der Waals surface area contributed by atoms with Crippen LogP contribution in [0, 0.1) is 5.92 Å². The van der Waals surface area contributed by atoms with E-state index in [2.05, 4.69) is 24.3 Å². The van der Waals surface area contributed by atoms with Gasteiger partial charge in [-0.1, -0.05) is 36.8 Å². The smallest absolute Gasteiger partial charge is 0.133 e. The fraction of sp³-hybridized carbons (Fsp3) is 0.500. The van der Waals surface area contributed by atoms with Crippen molar-refractivity contribution in [2.75, 3.05) is 0 Å². The summed E-state index contributed by atoms with van der Waals surface area (Å²) in [5.41, 5.74) is 1.37. The molecule has 0 bridgehead atoms. The average molecular weight is 202 g/mol. The summed E-state index contributed by atoms with van der Waals surface area (Å²) >= 11 is 0. The maximum absolute atomic E-state index is 11.5. The SMILES string of the molecule is O=C1CCCCC(Cc2ccccc2)C1. The second-order valence-corrected chi connectivity index (χ2v) is 4.54. The Morgan fingerprint density at radius 3 is 2.73 bits per heavy atom. The third-order valence-corrected chi connectivity index (χ3v) is 3.20. The summed E-state index contributed by atoms with van der Waals surface area (Å²) in [6.07, 6.45) is 6.24. The highest BCUT2D eigenvalue weighted by Crippen LogP contribution is 2.24. The molecule has 0 amide bonds.